The van der Waals surface area contributed by atoms with E-state index in [1.165, 1.54) is 18.4 Å². The summed E-state index contributed by atoms with van der Waals surface area (Å²) < 4.78 is 43.2. The maximum Gasteiger partial charge on any atom is 0.455 e. The predicted molar refractivity (Wildman–Crippen MR) is 83.4 cm³/mol. The van der Waals surface area contributed by atoms with E-state index < -0.39 is 23.3 Å². The van der Waals surface area contributed by atoms with Crippen LogP contribution in [0, 0.1) is 13.8 Å². The Morgan fingerprint density at radius 2 is 1.96 bits per heavy atom. The van der Waals surface area contributed by atoms with Gasteiger partial charge in [-0.15, -0.1) is 0 Å². The summed E-state index contributed by atoms with van der Waals surface area (Å²) in [5.41, 5.74) is 1.09. The molecule has 1 aromatic carbocycles. The maximum absolute atomic E-state index is 12.8. The zero-order valence-corrected chi connectivity index (χ0v) is 12.9. The summed E-state index contributed by atoms with van der Waals surface area (Å²) >= 11 is 0. The van der Waals surface area contributed by atoms with Crippen LogP contribution in [0.4, 0.5) is 18.9 Å². The number of aliphatic imine (C=N–C) groups is 1. The van der Waals surface area contributed by atoms with Crippen LogP contribution in [0.5, 0.6) is 0 Å². The first-order valence-electron chi connectivity index (χ1n) is 6.90. The Bertz CT molecular complexity index is 803. The number of carbonyl (C=O) groups is 1. The van der Waals surface area contributed by atoms with Gasteiger partial charge in [-0.1, -0.05) is 17.7 Å². The second-order valence-electron chi connectivity index (χ2n) is 5.11. The van der Waals surface area contributed by atoms with E-state index in [0.29, 0.717) is 11.9 Å². The molecule has 0 aliphatic carbocycles. The number of nitrogens with zero attached hydrogens (tertiary/aromatic N) is 1. The summed E-state index contributed by atoms with van der Waals surface area (Å²) in [6, 6.07) is 7.77. The molecule has 24 heavy (non-hydrogen) atoms. The molecule has 0 unspecified atom stereocenters. The lowest BCUT2D eigenvalue weighted by Gasteiger charge is -2.08. The molecule has 0 atom stereocenters. The highest BCUT2D eigenvalue weighted by Crippen LogP contribution is 2.26. The summed E-state index contributed by atoms with van der Waals surface area (Å²) in [5, 5.41) is 9.97. The Kier molecular flexibility index (Phi) is 4.92. The van der Waals surface area contributed by atoms with Crippen molar-refractivity contribution in [3.05, 3.63) is 59.1 Å². The van der Waals surface area contributed by atoms with E-state index in [0.717, 1.165) is 11.1 Å². The fourth-order valence-electron chi connectivity index (χ4n) is 2.01. The van der Waals surface area contributed by atoms with Crippen molar-refractivity contribution in [2.24, 2.45) is 4.99 Å². The van der Waals surface area contributed by atoms with Gasteiger partial charge in [0.2, 0.25) is 0 Å². The Morgan fingerprint density at radius 1 is 1.25 bits per heavy atom. The summed E-state index contributed by atoms with van der Waals surface area (Å²) in [6.07, 6.45) is -3.28. The summed E-state index contributed by atoms with van der Waals surface area (Å²) in [7, 11) is 0. The molecule has 1 heterocycles. The Balaban J connectivity index is 2.49. The molecule has 0 radical (unpaired) electrons. The number of aliphatic hydroxyl groups is 1. The van der Waals surface area contributed by atoms with Crippen LogP contribution in [-0.4, -0.2) is 23.3 Å². The summed E-state index contributed by atoms with van der Waals surface area (Å²) in [5.74, 6) is -3.38. The quantitative estimate of drug-likeness (QED) is 0.500. The molecule has 2 rings (SSSR count). The molecule has 4 nitrogen and oxygen atoms in total. The lowest BCUT2D eigenvalue weighted by molar-refractivity contribution is -0.165. The number of halogens is 3. The lowest BCUT2D eigenvalue weighted by Crippen LogP contribution is -2.26. The van der Waals surface area contributed by atoms with E-state index in [4.69, 9.17) is 4.42 Å². The highest BCUT2D eigenvalue weighted by Gasteiger charge is 2.42. The van der Waals surface area contributed by atoms with Crippen molar-refractivity contribution in [1.82, 2.24) is 0 Å². The van der Waals surface area contributed by atoms with Crippen molar-refractivity contribution in [1.29, 1.82) is 0 Å². The number of aryl methyl sites for hydroxylation is 2. The standard InChI is InChI=1S/C17H14F3NO3/c1-10-5-6-13(11(2)8-10)21-9-12(16(23)17(18,19)20)15(22)14-4-3-7-24-14/h3-9,22H,1-2H3. The van der Waals surface area contributed by atoms with Crippen LogP contribution in [0.2, 0.25) is 0 Å². The first-order chi connectivity index (χ1) is 11.2. The number of allylic oxidation sites excluding steroid dienone is 1. The van der Waals surface area contributed by atoms with Crippen LogP contribution in [0.1, 0.15) is 16.9 Å². The summed E-state index contributed by atoms with van der Waals surface area (Å²) in [6.45, 7) is 3.60. The van der Waals surface area contributed by atoms with Gasteiger partial charge in [-0.05, 0) is 37.6 Å². The molecule has 0 aliphatic heterocycles. The number of furan rings is 1. The second-order valence-corrected chi connectivity index (χ2v) is 5.11. The maximum atomic E-state index is 12.8. The van der Waals surface area contributed by atoms with Crippen LogP contribution in [0.25, 0.3) is 5.76 Å². The highest BCUT2D eigenvalue weighted by atomic mass is 19.4. The topological polar surface area (TPSA) is 62.8 Å². The number of ketones is 1. The molecular weight excluding hydrogens is 323 g/mol. The van der Waals surface area contributed by atoms with Crippen LogP contribution < -0.4 is 0 Å². The molecule has 0 amide bonds. The number of hydrogen-bond donors (Lipinski definition) is 1. The zero-order chi connectivity index (χ0) is 17.9. The second kappa shape index (κ2) is 6.74. The molecule has 0 aliphatic rings. The van der Waals surface area contributed by atoms with Crippen molar-refractivity contribution in [3.63, 3.8) is 0 Å². The number of aliphatic hydroxyl groups excluding tert-OH is 1. The van der Waals surface area contributed by atoms with Crippen LogP contribution in [0.15, 0.2) is 51.6 Å². The number of carbonyl (C=O) groups excluding carboxylic acids is 1. The summed E-state index contributed by atoms with van der Waals surface area (Å²) in [4.78, 5) is 15.5. The van der Waals surface area contributed by atoms with Gasteiger partial charge in [0.1, 0.15) is 0 Å². The number of benzene rings is 1. The SMILES string of the molecule is Cc1ccc(N=CC(C(=O)C(F)(F)F)=C(O)c2ccco2)c(C)c1. The molecule has 1 N–H and O–H groups in total. The molecule has 0 bridgehead atoms. The van der Waals surface area contributed by atoms with E-state index >= 15 is 0 Å². The third-order valence-corrected chi connectivity index (χ3v) is 3.20. The van der Waals surface area contributed by atoms with E-state index in [9.17, 15) is 23.1 Å². The van der Waals surface area contributed by atoms with Gasteiger partial charge in [-0.25, -0.2) is 0 Å². The third kappa shape index (κ3) is 3.92. The number of hydrogen-bond acceptors (Lipinski definition) is 4. The van der Waals surface area contributed by atoms with Gasteiger partial charge in [-0.3, -0.25) is 9.79 Å². The minimum atomic E-state index is -5.15. The van der Waals surface area contributed by atoms with Crippen molar-refractivity contribution >= 4 is 23.4 Å². The zero-order valence-electron chi connectivity index (χ0n) is 12.9. The van der Waals surface area contributed by atoms with Crippen molar-refractivity contribution in [2.45, 2.75) is 20.0 Å². The minimum absolute atomic E-state index is 0.255. The largest absolute Gasteiger partial charge is 0.504 e. The van der Waals surface area contributed by atoms with Crippen molar-refractivity contribution in [3.8, 4) is 0 Å². The lowest BCUT2D eigenvalue weighted by atomic mass is 10.1. The van der Waals surface area contributed by atoms with Gasteiger partial charge in [-0.2, -0.15) is 13.2 Å². The Hall–Kier alpha value is -2.83. The van der Waals surface area contributed by atoms with Gasteiger partial charge < -0.3 is 9.52 Å². The van der Waals surface area contributed by atoms with Crippen LogP contribution >= 0.6 is 0 Å². The molecule has 7 heteroatoms. The molecule has 0 spiro atoms. The number of Topliss-reactive ketones (excluding diaryl/α,β-unsaturated/α-hetero) is 1. The molecular formula is C17H14F3NO3. The van der Waals surface area contributed by atoms with E-state index in [-0.39, 0.29) is 5.76 Å². The third-order valence-electron chi connectivity index (χ3n) is 3.20. The average molecular weight is 337 g/mol. The highest BCUT2D eigenvalue weighted by molar-refractivity contribution is 6.20. The van der Waals surface area contributed by atoms with Gasteiger partial charge >= 0.3 is 6.18 Å². The fraction of sp³-hybridized carbons (Fsp3) is 0.176. The molecule has 0 saturated heterocycles. The molecule has 1 aromatic heterocycles. The monoisotopic (exact) mass is 337 g/mol. The van der Waals surface area contributed by atoms with Gasteiger partial charge in [0.05, 0.1) is 17.5 Å². The Morgan fingerprint density at radius 3 is 2.50 bits per heavy atom. The molecule has 0 fully saturated rings. The van der Waals surface area contributed by atoms with Crippen molar-refractivity contribution in [2.75, 3.05) is 0 Å². The van der Waals surface area contributed by atoms with E-state index in [2.05, 4.69) is 4.99 Å². The first kappa shape index (κ1) is 17.5. The average Bonchev–Trinajstić information content (AvgIpc) is 3.02. The molecule has 126 valence electrons. The number of alkyl halides is 3. The normalized spacial score (nSPS) is 13.2. The molecule has 2 aromatic rings. The van der Waals surface area contributed by atoms with Gasteiger partial charge in [0.15, 0.2) is 11.5 Å². The Labute approximate surface area is 135 Å². The minimum Gasteiger partial charge on any atom is -0.504 e. The van der Waals surface area contributed by atoms with E-state index in [1.807, 2.05) is 6.92 Å². The first-order valence-corrected chi connectivity index (χ1v) is 6.90. The molecule has 0 saturated carbocycles. The predicted octanol–water partition coefficient (Wildman–Crippen LogP) is 4.70. The van der Waals surface area contributed by atoms with Gasteiger partial charge in [0.25, 0.3) is 5.78 Å². The number of rotatable bonds is 4. The van der Waals surface area contributed by atoms with Crippen LogP contribution in [0.3, 0.4) is 0 Å². The van der Waals surface area contributed by atoms with Crippen LogP contribution in [-0.2, 0) is 4.79 Å². The van der Waals surface area contributed by atoms with Crippen molar-refractivity contribution < 1.29 is 27.5 Å². The smallest absolute Gasteiger partial charge is 0.455 e. The van der Waals surface area contributed by atoms with Gasteiger partial charge in [0, 0.05) is 6.21 Å². The van der Waals surface area contributed by atoms with E-state index in [1.54, 1.807) is 25.1 Å². The fourth-order valence-corrected chi connectivity index (χ4v) is 2.01.